The molecule has 1 aromatic heterocycles. The predicted octanol–water partition coefficient (Wildman–Crippen LogP) is 3.78. The van der Waals surface area contributed by atoms with Crippen LogP contribution in [0.5, 0.6) is 0 Å². The van der Waals surface area contributed by atoms with Crippen LogP contribution in [0.25, 0.3) is 5.69 Å². The zero-order valence-corrected chi connectivity index (χ0v) is 15.1. The summed E-state index contributed by atoms with van der Waals surface area (Å²) in [5, 5.41) is 9.82. The first kappa shape index (κ1) is 17.5. The molecule has 0 aliphatic heterocycles. The van der Waals surface area contributed by atoms with Gasteiger partial charge in [0.2, 0.25) is 0 Å². The standard InChI is InChI=1S/C18H16ClN3O2S/c1-24-17(23)12-25-18-21-20-16(10-13-6-3-2-4-7-13)22(18)15-9-5-8-14(19)11-15/h2-9,11H,10,12H2,1H3. The number of esters is 1. The third-order valence-corrected chi connectivity index (χ3v) is 4.66. The first-order chi connectivity index (χ1) is 12.2. The monoisotopic (exact) mass is 373 g/mol. The van der Waals surface area contributed by atoms with E-state index in [1.54, 1.807) is 0 Å². The summed E-state index contributed by atoms with van der Waals surface area (Å²) in [4.78, 5) is 11.5. The van der Waals surface area contributed by atoms with Gasteiger partial charge in [-0.2, -0.15) is 0 Å². The number of nitrogens with zero attached hydrogens (tertiary/aromatic N) is 3. The third kappa shape index (κ3) is 4.41. The van der Waals surface area contributed by atoms with Crippen molar-refractivity contribution in [3.05, 3.63) is 71.0 Å². The minimum atomic E-state index is -0.310. The molecule has 2 aromatic carbocycles. The molecule has 0 spiro atoms. The van der Waals surface area contributed by atoms with Crippen molar-refractivity contribution in [1.82, 2.24) is 14.8 Å². The van der Waals surface area contributed by atoms with Gasteiger partial charge in [-0.3, -0.25) is 9.36 Å². The van der Waals surface area contributed by atoms with Crippen LogP contribution in [-0.4, -0.2) is 33.6 Å². The molecule has 0 aliphatic carbocycles. The van der Waals surface area contributed by atoms with E-state index < -0.39 is 0 Å². The molecule has 0 aliphatic rings. The Morgan fingerprint density at radius 3 is 2.68 bits per heavy atom. The second-order valence-corrected chi connectivity index (χ2v) is 6.62. The van der Waals surface area contributed by atoms with E-state index in [2.05, 4.69) is 10.2 Å². The zero-order chi connectivity index (χ0) is 17.6. The van der Waals surface area contributed by atoms with Gasteiger partial charge in [0.25, 0.3) is 0 Å². The number of carbonyl (C=O) groups excluding carboxylic acids is 1. The molecular weight excluding hydrogens is 358 g/mol. The van der Waals surface area contributed by atoms with Gasteiger partial charge >= 0.3 is 5.97 Å². The van der Waals surface area contributed by atoms with E-state index in [9.17, 15) is 4.79 Å². The smallest absolute Gasteiger partial charge is 0.316 e. The normalized spacial score (nSPS) is 10.6. The first-order valence-corrected chi connectivity index (χ1v) is 8.97. The van der Waals surface area contributed by atoms with Crippen molar-refractivity contribution in [2.45, 2.75) is 11.6 Å². The lowest BCUT2D eigenvalue weighted by atomic mass is 10.1. The molecule has 0 fully saturated rings. The van der Waals surface area contributed by atoms with Crippen molar-refractivity contribution in [3.8, 4) is 5.69 Å². The summed E-state index contributed by atoms with van der Waals surface area (Å²) in [6, 6.07) is 17.5. The Balaban J connectivity index is 1.97. The molecule has 128 valence electrons. The van der Waals surface area contributed by atoms with Gasteiger partial charge in [-0.25, -0.2) is 0 Å². The minimum absolute atomic E-state index is 0.167. The van der Waals surface area contributed by atoms with Crippen LogP contribution in [0.3, 0.4) is 0 Å². The summed E-state index contributed by atoms with van der Waals surface area (Å²) < 4.78 is 6.62. The number of hydrogen-bond acceptors (Lipinski definition) is 5. The minimum Gasteiger partial charge on any atom is -0.468 e. The number of benzene rings is 2. The van der Waals surface area contributed by atoms with Crippen molar-refractivity contribution < 1.29 is 9.53 Å². The van der Waals surface area contributed by atoms with Gasteiger partial charge in [-0.1, -0.05) is 59.8 Å². The fourth-order valence-electron chi connectivity index (χ4n) is 2.34. The number of ether oxygens (including phenoxy) is 1. The molecule has 0 atom stereocenters. The average molecular weight is 374 g/mol. The average Bonchev–Trinajstić information content (AvgIpc) is 3.03. The third-order valence-electron chi connectivity index (χ3n) is 3.52. The maximum Gasteiger partial charge on any atom is 0.316 e. The topological polar surface area (TPSA) is 57.0 Å². The largest absolute Gasteiger partial charge is 0.468 e. The van der Waals surface area contributed by atoms with Crippen LogP contribution in [-0.2, 0) is 16.0 Å². The van der Waals surface area contributed by atoms with E-state index in [1.807, 2.05) is 59.2 Å². The number of thioether (sulfide) groups is 1. The van der Waals surface area contributed by atoms with Crippen molar-refractivity contribution in [2.75, 3.05) is 12.9 Å². The van der Waals surface area contributed by atoms with Crippen LogP contribution in [0, 0.1) is 0 Å². The summed E-state index contributed by atoms with van der Waals surface area (Å²) in [6.45, 7) is 0. The van der Waals surface area contributed by atoms with Crippen LogP contribution in [0.15, 0.2) is 59.8 Å². The van der Waals surface area contributed by atoms with Crippen LogP contribution in [0.1, 0.15) is 11.4 Å². The van der Waals surface area contributed by atoms with Gasteiger partial charge in [0, 0.05) is 11.4 Å². The number of rotatable bonds is 6. The van der Waals surface area contributed by atoms with Gasteiger partial charge in [0.05, 0.1) is 18.6 Å². The van der Waals surface area contributed by atoms with E-state index in [0.717, 1.165) is 17.1 Å². The molecule has 0 radical (unpaired) electrons. The highest BCUT2D eigenvalue weighted by Gasteiger charge is 2.16. The van der Waals surface area contributed by atoms with Crippen molar-refractivity contribution in [1.29, 1.82) is 0 Å². The highest BCUT2D eigenvalue weighted by atomic mass is 35.5. The summed E-state index contributed by atoms with van der Waals surface area (Å²) in [6.07, 6.45) is 0.624. The molecule has 1 heterocycles. The van der Waals surface area contributed by atoms with Crippen molar-refractivity contribution >= 4 is 29.3 Å². The summed E-state index contributed by atoms with van der Waals surface area (Å²) in [5.41, 5.74) is 1.98. The second kappa shape index (κ2) is 8.18. The first-order valence-electron chi connectivity index (χ1n) is 7.61. The summed E-state index contributed by atoms with van der Waals surface area (Å²) in [5.74, 6) is 0.636. The fraction of sp³-hybridized carbons (Fsp3) is 0.167. The zero-order valence-electron chi connectivity index (χ0n) is 13.6. The van der Waals surface area contributed by atoms with Crippen LogP contribution in [0.2, 0.25) is 5.02 Å². The Hall–Kier alpha value is -2.31. The molecule has 0 bridgehead atoms. The van der Waals surface area contributed by atoms with Crippen LogP contribution < -0.4 is 0 Å². The highest BCUT2D eigenvalue weighted by molar-refractivity contribution is 7.99. The fourth-order valence-corrected chi connectivity index (χ4v) is 3.33. The molecule has 0 N–H and O–H groups in total. The van der Waals surface area contributed by atoms with Gasteiger partial charge in [-0.05, 0) is 23.8 Å². The molecule has 25 heavy (non-hydrogen) atoms. The number of carbonyl (C=O) groups is 1. The van der Waals surface area contributed by atoms with E-state index >= 15 is 0 Å². The summed E-state index contributed by atoms with van der Waals surface area (Å²) in [7, 11) is 1.37. The molecule has 0 saturated carbocycles. The van der Waals surface area contributed by atoms with Gasteiger partial charge in [0.15, 0.2) is 5.16 Å². The molecule has 0 amide bonds. The lowest BCUT2D eigenvalue weighted by Gasteiger charge is -2.10. The molecule has 7 heteroatoms. The van der Waals surface area contributed by atoms with Crippen molar-refractivity contribution in [3.63, 3.8) is 0 Å². The van der Waals surface area contributed by atoms with Crippen molar-refractivity contribution in [2.24, 2.45) is 0 Å². The quantitative estimate of drug-likeness (QED) is 0.486. The van der Waals surface area contributed by atoms with E-state index in [1.165, 1.54) is 18.9 Å². The maximum atomic E-state index is 11.5. The molecule has 3 aromatic rings. The van der Waals surface area contributed by atoms with Crippen LogP contribution >= 0.6 is 23.4 Å². The molecule has 3 rings (SSSR count). The van der Waals surface area contributed by atoms with Crippen LogP contribution in [0.4, 0.5) is 0 Å². The molecule has 0 saturated heterocycles. The number of halogens is 1. The van der Waals surface area contributed by atoms with E-state index in [0.29, 0.717) is 16.6 Å². The number of aromatic nitrogens is 3. The Morgan fingerprint density at radius 2 is 1.96 bits per heavy atom. The van der Waals surface area contributed by atoms with Gasteiger partial charge in [-0.15, -0.1) is 10.2 Å². The Labute approximate surface area is 155 Å². The summed E-state index contributed by atoms with van der Waals surface area (Å²) >= 11 is 7.43. The Kier molecular flexibility index (Phi) is 5.73. The number of hydrogen-bond donors (Lipinski definition) is 0. The molecular formula is C18H16ClN3O2S. The Bertz CT molecular complexity index is 868. The number of methoxy groups -OCH3 is 1. The molecule has 0 unspecified atom stereocenters. The lowest BCUT2D eigenvalue weighted by Crippen LogP contribution is -2.07. The highest BCUT2D eigenvalue weighted by Crippen LogP contribution is 2.25. The predicted molar refractivity (Wildman–Crippen MR) is 98.4 cm³/mol. The lowest BCUT2D eigenvalue weighted by molar-refractivity contribution is -0.137. The SMILES string of the molecule is COC(=O)CSc1nnc(Cc2ccccc2)n1-c1cccc(Cl)c1. The maximum absolute atomic E-state index is 11.5. The van der Waals surface area contributed by atoms with E-state index in [4.69, 9.17) is 16.3 Å². The Morgan fingerprint density at radius 1 is 1.16 bits per heavy atom. The van der Waals surface area contributed by atoms with Gasteiger partial charge in [0.1, 0.15) is 5.82 Å². The second-order valence-electron chi connectivity index (χ2n) is 5.24. The molecule has 5 nitrogen and oxygen atoms in total. The van der Waals surface area contributed by atoms with E-state index in [-0.39, 0.29) is 11.7 Å². The van der Waals surface area contributed by atoms with Gasteiger partial charge < -0.3 is 4.74 Å².